The molecule has 6 nitrogen and oxygen atoms in total. The van der Waals surface area contributed by atoms with E-state index in [1.807, 2.05) is 0 Å². The monoisotopic (exact) mass is 293 g/mol. The predicted octanol–water partition coefficient (Wildman–Crippen LogP) is 3.47. The van der Waals surface area contributed by atoms with E-state index in [4.69, 9.17) is 5.73 Å². The van der Waals surface area contributed by atoms with E-state index in [1.54, 1.807) is 0 Å². The van der Waals surface area contributed by atoms with Gasteiger partial charge in [0.15, 0.2) is 0 Å². The molecule has 0 aliphatic heterocycles. The molecule has 0 aromatic heterocycles. The largest absolute Gasteiger partial charge is 0.379 e. The topological polar surface area (TPSA) is 98.3 Å². The SMILES string of the molecule is CCCCCCCCNc1ccc(C(N)=O)cc1[N+](=O)[O-]. The average molecular weight is 293 g/mol. The number of carbonyl (C=O) groups is 1. The standard InChI is InChI=1S/C15H23N3O3/c1-2-3-4-5-6-7-10-17-13-9-8-12(15(16)19)11-14(13)18(20)21/h8-9,11,17H,2-7,10H2,1H3,(H2,16,19). The lowest BCUT2D eigenvalue weighted by Gasteiger charge is -2.08. The smallest absolute Gasteiger partial charge is 0.293 e. The molecule has 3 N–H and O–H groups in total. The van der Waals surface area contributed by atoms with E-state index in [0.717, 1.165) is 12.8 Å². The minimum atomic E-state index is -0.666. The number of anilines is 1. The number of unbranched alkanes of at least 4 members (excludes halogenated alkanes) is 5. The molecule has 0 saturated heterocycles. The molecule has 0 atom stereocenters. The molecule has 0 aliphatic rings. The van der Waals surface area contributed by atoms with Crippen LogP contribution in [0.1, 0.15) is 55.8 Å². The van der Waals surface area contributed by atoms with Gasteiger partial charge in [0.2, 0.25) is 5.91 Å². The summed E-state index contributed by atoms with van der Waals surface area (Å²) in [5.41, 5.74) is 5.59. The van der Waals surface area contributed by atoms with Crippen LogP contribution in [0.25, 0.3) is 0 Å². The first-order valence-electron chi connectivity index (χ1n) is 7.38. The molecule has 1 amide bonds. The molecule has 0 aliphatic carbocycles. The van der Waals surface area contributed by atoms with Gasteiger partial charge in [0.25, 0.3) is 5.69 Å². The van der Waals surface area contributed by atoms with Crippen molar-refractivity contribution in [2.45, 2.75) is 45.4 Å². The minimum Gasteiger partial charge on any atom is -0.379 e. The molecule has 0 fully saturated rings. The van der Waals surface area contributed by atoms with E-state index in [-0.39, 0.29) is 11.3 Å². The summed E-state index contributed by atoms with van der Waals surface area (Å²) >= 11 is 0. The number of hydrogen-bond donors (Lipinski definition) is 2. The Balaban J connectivity index is 2.51. The summed E-state index contributed by atoms with van der Waals surface area (Å²) in [4.78, 5) is 21.6. The Labute approximate surface area is 124 Å². The molecular weight excluding hydrogens is 270 g/mol. The highest BCUT2D eigenvalue weighted by Crippen LogP contribution is 2.25. The maximum Gasteiger partial charge on any atom is 0.293 e. The number of rotatable bonds is 10. The third-order valence-electron chi connectivity index (χ3n) is 3.32. The number of nitrogens with two attached hydrogens (primary N) is 1. The third kappa shape index (κ3) is 5.81. The molecule has 6 heteroatoms. The molecule has 0 unspecified atom stereocenters. The molecular formula is C15H23N3O3. The Morgan fingerprint density at radius 2 is 1.90 bits per heavy atom. The average Bonchev–Trinajstić information content (AvgIpc) is 2.46. The van der Waals surface area contributed by atoms with Gasteiger partial charge in [0, 0.05) is 18.2 Å². The number of nitrogens with zero attached hydrogens (tertiary/aromatic N) is 1. The Morgan fingerprint density at radius 1 is 1.24 bits per heavy atom. The van der Waals surface area contributed by atoms with Crippen LogP contribution < -0.4 is 11.1 Å². The second-order valence-electron chi connectivity index (χ2n) is 5.05. The summed E-state index contributed by atoms with van der Waals surface area (Å²) < 4.78 is 0. The fraction of sp³-hybridized carbons (Fsp3) is 0.533. The van der Waals surface area contributed by atoms with Gasteiger partial charge in [0.05, 0.1) is 4.92 Å². The van der Waals surface area contributed by atoms with Crippen molar-refractivity contribution >= 4 is 17.3 Å². The van der Waals surface area contributed by atoms with Crippen molar-refractivity contribution in [2.75, 3.05) is 11.9 Å². The zero-order chi connectivity index (χ0) is 15.7. The van der Waals surface area contributed by atoms with E-state index < -0.39 is 10.8 Å². The highest BCUT2D eigenvalue weighted by molar-refractivity contribution is 5.94. The highest BCUT2D eigenvalue weighted by Gasteiger charge is 2.15. The van der Waals surface area contributed by atoms with Crippen LogP contribution in [0.2, 0.25) is 0 Å². The first-order chi connectivity index (χ1) is 10.1. The summed E-state index contributed by atoms with van der Waals surface area (Å²) in [5, 5.41) is 14.1. The van der Waals surface area contributed by atoms with Gasteiger partial charge in [-0.25, -0.2) is 0 Å². The van der Waals surface area contributed by atoms with Gasteiger partial charge in [0.1, 0.15) is 5.69 Å². The van der Waals surface area contributed by atoms with Crippen LogP contribution >= 0.6 is 0 Å². The van der Waals surface area contributed by atoms with Gasteiger partial charge < -0.3 is 11.1 Å². The first-order valence-corrected chi connectivity index (χ1v) is 7.38. The van der Waals surface area contributed by atoms with Gasteiger partial charge in [-0.3, -0.25) is 14.9 Å². The van der Waals surface area contributed by atoms with E-state index in [1.165, 1.54) is 43.9 Å². The number of hydrogen-bond acceptors (Lipinski definition) is 4. The van der Waals surface area contributed by atoms with Crippen molar-refractivity contribution in [3.8, 4) is 0 Å². The Kier molecular flexibility index (Phi) is 7.21. The Hall–Kier alpha value is -2.11. The van der Waals surface area contributed by atoms with Crippen LogP contribution in [0.3, 0.4) is 0 Å². The van der Waals surface area contributed by atoms with Gasteiger partial charge in [-0.2, -0.15) is 0 Å². The fourth-order valence-electron chi connectivity index (χ4n) is 2.11. The molecule has 116 valence electrons. The summed E-state index contributed by atoms with van der Waals surface area (Å²) in [5.74, 6) is -0.666. The maximum atomic E-state index is 11.1. The molecule has 0 spiro atoms. The molecule has 0 radical (unpaired) electrons. The van der Waals surface area contributed by atoms with E-state index in [9.17, 15) is 14.9 Å². The number of benzene rings is 1. The molecule has 0 heterocycles. The molecule has 0 bridgehead atoms. The number of carbonyl (C=O) groups excluding carboxylic acids is 1. The van der Waals surface area contributed by atoms with Crippen LogP contribution in [0.5, 0.6) is 0 Å². The van der Waals surface area contributed by atoms with Crippen molar-refractivity contribution in [1.29, 1.82) is 0 Å². The molecule has 21 heavy (non-hydrogen) atoms. The zero-order valence-corrected chi connectivity index (χ0v) is 12.4. The molecule has 1 aromatic rings. The van der Waals surface area contributed by atoms with Crippen LogP contribution in [0.4, 0.5) is 11.4 Å². The predicted molar refractivity (Wildman–Crippen MR) is 83.5 cm³/mol. The third-order valence-corrected chi connectivity index (χ3v) is 3.32. The maximum absolute atomic E-state index is 11.1. The van der Waals surface area contributed by atoms with Crippen LogP contribution in [-0.4, -0.2) is 17.4 Å². The van der Waals surface area contributed by atoms with E-state index >= 15 is 0 Å². The normalized spacial score (nSPS) is 10.3. The Morgan fingerprint density at radius 3 is 2.52 bits per heavy atom. The summed E-state index contributed by atoms with van der Waals surface area (Å²) in [7, 11) is 0. The van der Waals surface area contributed by atoms with Crippen molar-refractivity contribution in [3.05, 3.63) is 33.9 Å². The van der Waals surface area contributed by atoms with Gasteiger partial charge in [-0.1, -0.05) is 39.0 Å². The number of nitro benzene ring substituents is 1. The van der Waals surface area contributed by atoms with Gasteiger partial charge in [-0.05, 0) is 18.6 Å². The van der Waals surface area contributed by atoms with Gasteiger partial charge in [-0.15, -0.1) is 0 Å². The summed E-state index contributed by atoms with van der Waals surface area (Å²) in [6.07, 6.45) is 6.99. The van der Waals surface area contributed by atoms with Crippen LogP contribution in [0, 0.1) is 10.1 Å². The first kappa shape index (κ1) is 16.9. The lowest BCUT2D eigenvalue weighted by atomic mass is 10.1. The lowest BCUT2D eigenvalue weighted by molar-refractivity contribution is -0.384. The quantitative estimate of drug-likeness (QED) is 0.392. The summed E-state index contributed by atoms with van der Waals surface area (Å²) in [6, 6.07) is 4.25. The Bertz CT molecular complexity index is 489. The van der Waals surface area contributed by atoms with Crippen LogP contribution in [-0.2, 0) is 0 Å². The summed E-state index contributed by atoms with van der Waals surface area (Å²) in [6.45, 7) is 2.86. The highest BCUT2D eigenvalue weighted by atomic mass is 16.6. The van der Waals surface area contributed by atoms with E-state index in [0.29, 0.717) is 12.2 Å². The van der Waals surface area contributed by atoms with Crippen molar-refractivity contribution < 1.29 is 9.72 Å². The van der Waals surface area contributed by atoms with Crippen LogP contribution in [0.15, 0.2) is 18.2 Å². The minimum absolute atomic E-state index is 0.114. The second-order valence-corrected chi connectivity index (χ2v) is 5.05. The number of amides is 1. The zero-order valence-electron chi connectivity index (χ0n) is 12.4. The fourth-order valence-corrected chi connectivity index (χ4v) is 2.11. The van der Waals surface area contributed by atoms with Gasteiger partial charge >= 0.3 is 0 Å². The van der Waals surface area contributed by atoms with Crippen molar-refractivity contribution in [1.82, 2.24) is 0 Å². The number of nitro groups is 1. The number of nitrogens with one attached hydrogen (secondary N) is 1. The molecule has 1 rings (SSSR count). The van der Waals surface area contributed by atoms with Crippen molar-refractivity contribution in [2.24, 2.45) is 5.73 Å². The number of primary amides is 1. The molecule has 1 aromatic carbocycles. The van der Waals surface area contributed by atoms with Crippen molar-refractivity contribution in [3.63, 3.8) is 0 Å². The van der Waals surface area contributed by atoms with E-state index in [2.05, 4.69) is 12.2 Å². The lowest BCUT2D eigenvalue weighted by Crippen LogP contribution is -2.12. The second kappa shape index (κ2) is 8.94. The molecule has 0 saturated carbocycles.